The van der Waals surface area contributed by atoms with Crippen LogP contribution in [0.4, 0.5) is 0 Å². The van der Waals surface area contributed by atoms with Crippen LogP contribution in [0, 0.1) is 0 Å². The van der Waals surface area contributed by atoms with Crippen LogP contribution in [0.2, 0.25) is 0 Å². The third-order valence-electron chi connectivity index (χ3n) is 2.69. The predicted octanol–water partition coefficient (Wildman–Crippen LogP) is 0.826. The van der Waals surface area contributed by atoms with Gasteiger partial charge in [0.25, 0.3) is 0 Å². The molecule has 0 fully saturated rings. The molecule has 0 saturated carbocycles. The number of carbonyl (C=O) groups is 1. The number of nitrogens with zero attached hydrogens (tertiary/aromatic N) is 1. The van der Waals surface area contributed by atoms with Gasteiger partial charge in [0.2, 0.25) is 5.91 Å². The van der Waals surface area contributed by atoms with E-state index in [1.807, 2.05) is 30.3 Å². The molecule has 2 aromatic rings. The largest absolute Gasteiger partial charge is 0.370 e. The summed E-state index contributed by atoms with van der Waals surface area (Å²) in [5.41, 5.74) is 7.18. The fourth-order valence-corrected chi connectivity index (χ4v) is 1.80. The topological polar surface area (TPSA) is 77.2 Å². The second-order valence-corrected chi connectivity index (χ2v) is 4.11. The molecule has 1 aromatic carbocycles. The van der Waals surface area contributed by atoms with E-state index < -0.39 is 0 Å². The molecule has 100 valence electrons. The maximum Gasteiger partial charge on any atom is 0.246 e. The zero-order valence-corrected chi connectivity index (χ0v) is 10.6. The fourth-order valence-electron chi connectivity index (χ4n) is 1.80. The monoisotopic (exact) mass is 259 g/mol. The normalized spacial score (nSPS) is 10.6. The number of benzene rings is 1. The molecule has 0 spiro atoms. The van der Waals surface area contributed by atoms with Crippen molar-refractivity contribution in [1.29, 1.82) is 0 Å². The van der Waals surface area contributed by atoms with Gasteiger partial charge in [-0.3, -0.25) is 9.78 Å². The highest BCUT2D eigenvalue weighted by Crippen LogP contribution is 2.15. The van der Waals surface area contributed by atoms with Crippen molar-refractivity contribution in [3.63, 3.8) is 0 Å². The zero-order valence-electron chi connectivity index (χ0n) is 10.6. The minimum absolute atomic E-state index is 0.0371. The number of amides is 1. The summed E-state index contributed by atoms with van der Waals surface area (Å²) in [5.74, 6) is -0.151. The number of carbonyl (C=O) groups excluding carboxylic acids is 1. The second-order valence-electron chi connectivity index (χ2n) is 4.11. The van der Waals surface area contributed by atoms with Crippen LogP contribution in [0.5, 0.6) is 0 Å². The maximum atomic E-state index is 11.5. The van der Waals surface area contributed by atoms with E-state index in [0.717, 1.165) is 16.5 Å². The van der Waals surface area contributed by atoms with Crippen LogP contribution in [-0.4, -0.2) is 30.6 Å². The molecule has 2 rings (SSSR count). The summed E-state index contributed by atoms with van der Waals surface area (Å²) >= 11 is 0. The molecule has 0 aliphatic rings. The number of nitrogens with two attached hydrogens (primary N) is 1. The Labute approximate surface area is 111 Å². The third kappa shape index (κ3) is 3.74. The van der Waals surface area contributed by atoms with Crippen LogP contribution in [0.3, 0.4) is 0 Å². The molecule has 0 saturated heterocycles. The van der Waals surface area contributed by atoms with E-state index in [9.17, 15) is 4.79 Å². The number of rotatable bonds is 6. The van der Waals surface area contributed by atoms with Gasteiger partial charge >= 0.3 is 0 Å². The number of pyridine rings is 1. The number of nitrogens with one attached hydrogen (secondary N) is 1. The Morgan fingerprint density at radius 3 is 3.00 bits per heavy atom. The SMILES string of the molecule is NCCOCC(=O)NCc1cccc2cccnc12. The Balaban J connectivity index is 1.96. The van der Waals surface area contributed by atoms with Crippen molar-refractivity contribution in [2.24, 2.45) is 5.73 Å². The lowest BCUT2D eigenvalue weighted by molar-refractivity contribution is -0.125. The number of hydrogen-bond acceptors (Lipinski definition) is 4. The molecule has 5 nitrogen and oxygen atoms in total. The number of aromatic nitrogens is 1. The van der Waals surface area contributed by atoms with Gasteiger partial charge in [0, 0.05) is 24.7 Å². The highest BCUT2D eigenvalue weighted by Gasteiger charge is 2.04. The van der Waals surface area contributed by atoms with Gasteiger partial charge in [0.1, 0.15) is 6.61 Å². The Kier molecular flexibility index (Phi) is 4.83. The summed E-state index contributed by atoms with van der Waals surface area (Å²) in [7, 11) is 0. The van der Waals surface area contributed by atoms with Crippen LogP contribution in [0.1, 0.15) is 5.56 Å². The summed E-state index contributed by atoms with van der Waals surface area (Å²) in [6.07, 6.45) is 1.75. The number of ether oxygens (including phenoxy) is 1. The number of hydrogen-bond donors (Lipinski definition) is 2. The van der Waals surface area contributed by atoms with Crippen LogP contribution < -0.4 is 11.1 Å². The summed E-state index contributed by atoms with van der Waals surface area (Å²) in [6, 6.07) is 9.80. The molecule has 5 heteroatoms. The molecule has 0 atom stereocenters. The number of para-hydroxylation sites is 1. The minimum atomic E-state index is -0.151. The van der Waals surface area contributed by atoms with Crippen molar-refractivity contribution >= 4 is 16.8 Å². The van der Waals surface area contributed by atoms with Gasteiger partial charge in [0.15, 0.2) is 0 Å². The van der Waals surface area contributed by atoms with E-state index in [2.05, 4.69) is 10.3 Å². The van der Waals surface area contributed by atoms with E-state index in [0.29, 0.717) is 19.7 Å². The summed E-state index contributed by atoms with van der Waals surface area (Å²) < 4.78 is 5.07. The standard InChI is InChI=1S/C14H17N3O2/c15-6-8-19-10-13(18)17-9-12-4-1-3-11-5-2-7-16-14(11)12/h1-5,7H,6,8-10,15H2,(H,17,18). The van der Waals surface area contributed by atoms with Gasteiger partial charge in [-0.1, -0.05) is 24.3 Å². The van der Waals surface area contributed by atoms with Crippen LogP contribution in [-0.2, 0) is 16.1 Å². The van der Waals surface area contributed by atoms with Gasteiger partial charge in [-0.25, -0.2) is 0 Å². The van der Waals surface area contributed by atoms with Crippen molar-refractivity contribution < 1.29 is 9.53 Å². The molecule has 1 amide bonds. The molecular formula is C14H17N3O2. The molecule has 0 aliphatic carbocycles. The first-order valence-electron chi connectivity index (χ1n) is 6.18. The zero-order chi connectivity index (χ0) is 13.5. The summed E-state index contributed by atoms with van der Waals surface area (Å²) in [6.45, 7) is 1.29. The highest BCUT2D eigenvalue weighted by atomic mass is 16.5. The highest BCUT2D eigenvalue weighted by molar-refractivity contribution is 5.82. The first-order chi connectivity index (χ1) is 9.31. The number of fused-ring (bicyclic) bond motifs is 1. The first kappa shape index (κ1) is 13.5. The van der Waals surface area contributed by atoms with E-state index in [-0.39, 0.29) is 12.5 Å². The molecule has 0 aliphatic heterocycles. The van der Waals surface area contributed by atoms with Crippen molar-refractivity contribution in [3.05, 3.63) is 42.1 Å². The molecule has 1 heterocycles. The Morgan fingerprint density at radius 2 is 2.16 bits per heavy atom. The molecular weight excluding hydrogens is 242 g/mol. The van der Waals surface area contributed by atoms with E-state index in [4.69, 9.17) is 10.5 Å². The van der Waals surface area contributed by atoms with E-state index >= 15 is 0 Å². The average molecular weight is 259 g/mol. The first-order valence-corrected chi connectivity index (χ1v) is 6.18. The summed E-state index contributed by atoms with van der Waals surface area (Å²) in [4.78, 5) is 15.9. The Bertz CT molecular complexity index is 552. The van der Waals surface area contributed by atoms with Crippen LogP contribution >= 0.6 is 0 Å². The van der Waals surface area contributed by atoms with Gasteiger partial charge in [-0.05, 0) is 11.6 Å². The molecule has 3 N–H and O–H groups in total. The smallest absolute Gasteiger partial charge is 0.246 e. The molecule has 19 heavy (non-hydrogen) atoms. The third-order valence-corrected chi connectivity index (χ3v) is 2.69. The van der Waals surface area contributed by atoms with Gasteiger partial charge in [-0.2, -0.15) is 0 Å². The minimum Gasteiger partial charge on any atom is -0.370 e. The Morgan fingerprint density at radius 1 is 1.32 bits per heavy atom. The van der Waals surface area contributed by atoms with Crippen LogP contribution in [0.25, 0.3) is 10.9 Å². The molecule has 0 radical (unpaired) electrons. The van der Waals surface area contributed by atoms with Crippen molar-refractivity contribution in [3.8, 4) is 0 Å². The Hall–Kier alpha value is -1.98. The lowest BCUT2D eigenvalue weighted by atomic mass is 10.1. The molecule has 0 bridgehead atoms. The predicted molar refractivity (Wildman–Crippen MR) is 73.5 cm³/mol. The second kappa shape index (κ2) is 6.82. The van der Waals surface area contributed by atoms with Crippen molar-refractivity contribution in [2.45, 2.75) is 6.54 Å². The van der Waals surface area contributed by atoms with Crippen LogP contribution in [0.15, 0.2) is 36.5 Å². The maximum absolute atomic E-state index is 11.5. The van der Waals surface area contributed by atoms with E-state index in [1.54, 1.807) is 6.20 Å². The van der Waals surface area contributed by atoms with Gasteiger partial charge in [-0.15, -0.1) is 0 Å². The average Bonchev–Trinajstić information content (AvgIpc) is 2.45. The molecule has 0 unspecified atom stereocenters. The van der Waals surface area contributed by atoms with Crippen molar-refractivity contribution in [2.75, 3.05) is 19.8 Å². The van der Waals surface area contributed by atoms with Gasteiger partial charge < -0.3 is 15.8 Å². The molecule has 1 aromatic heterocycles. The lowest BCUT2D eigenvalue weighted by Gasteiger charge is -2.08. The fraction of sp³-hybridized carbons (Fsp3) is 0.286. The van der Waals surface area contributed by atoms with Crippen molar-refractivity contribution in [1.82, 2.24) is 10.3 Å². The summed E-state index contributed by atoms with van der Waals surface area (Å²) in [5, 5.41) is 3.87. The van der Waals surface area contributed by atoms with Gasteiger partial charge in [0.05, 0.1) is 12.1 Å². The quantitative estimate of drug-likeness (QED) is 0.753. The lowest BCUT2D eigenvalue weighted by Crippen LogP contribution is -2.28. The van der Waals surface area contributed by atoms with E-state index in [1.165, 1.54) is 0 Å².